The molecule has 0 fully saturated rings. The highest BCUT2D eigenvalue weighted by Crippen LogP contribution is 2.05. The maximum absolute atomic E-state index is 10.7. The Bertz CT molecular complexity index is 510. The monoisotopic (exact) mass is 243 g/mol. The molecule has 5 heteroatoms. The van der Waals surface area contributed by atoms with Crippen molar-refractivity contribution in [1.82, 2.24) is 0 Å². The average molecular weight is 243 g/mol. The van der Waals surface area contributed by atoms with E-state index in [2.05, 4.69) is 10.5 Å². The highest BCUT2D eigenvalue weighted by molar-refractivity contribution is 5.80. The molecule has 0 heterocycles. The first-order chi connectivity index (χ1) is 8.75. The number of rotatable bonds is 4. The highest BCUT2D eigenvalue weighted by Gasteiger charge is 1.97. The second-order valence-electron chi connectivity index (χ2n) is 3.66. The maximum Gasteiger partial charge on any atom is 0.163 e. The van der Waals surface area contributed by atoms with Gasteiger partial charge >= 0.3 is 0 Å². The van der Waals surface area contributed by atoms with Gasteiger partial charge in [-0.05, 0) is 29.8 Å². The summed E-state index contributed by atoms with van der Waals surface area (Å²) in [7, 11) is 0. The van der Waals surface area contributed by atoms with E-state index >= 15 is 0 Å². The summed E-state index contributed by atoms with van der Waals surface area (Å²) in [5.74, 6) is 0. The van der Waals surface area contributed by atoms with Gasteiger partial charge in [0.05, 0.1) is 11.9 Å². The predicted molar refractivity (Wildman–Crippen MR) is 69.9 cm³/mol. The van der Waals surface area contributed by atoms with Crippen molar-refractivity contribution in [3.8, 4) is 0 Å². The normalized spacial score (nSPS) is 12.6. The van der Waals surface area contributed by atoms with Crippen LogP contribution in [0.25, 0.3) is 0 Å². The highest BCUT2D eigenvalue weighted by atomic mass is 16.8. The molecular weight excluding hydrogens is 230 g/mol. The second kappa shape index (κ2) is 5.92. The summed E-state index contributed by atoms with van der Waals surface area (Å²) in [6.07, 6.45) is 1.64. The van der Waals surface area contributed by atoms with Crippen LogP contribution in [0.1, 0.15) is 5.56 Å². The van der Waals surface area contributed by atoms with Gasteiger partial charge in [-0.2, -0.15) is 10.3 Å². The molecule has 0 aliphatic heterocycles. The number of nitrogens with zero attached hydrogens (tertiary/aromatic N) is 1. The summed E-state index contributed by atoms with van der Waals surface area (Å²) in [5, 5.41) is 22.6. The Hall–Kier alpha value is -2.21. The van der Waals surface area contributed by atoms with E-state index in [0.717, 1.165) is 11.3 Å². The van der Waals surface area contributed by atoms with Crippen LogP contribution in [-0.4, -0.2) is 11.4 Å². The van der Waals surface area contributed by atoms with Gasteiger partial charge in [0.25, 0.3) is 0 Å². The van der Waals surface area contributed by atoms with E-state index in [1.165, 1.54) is 0 Å². The Morgan fingerprint density at radius 3 is 2.33 bits per heavy atom. The van der Waals surface area contributed by atoms with Crippen LogP contribution in [-0.2, 0) is 0 Å². The van der Waals surface area contributed by atoms with E-state index in [9.17, 15) is 5.21 Å². The third-order valence-corrected chi connectivity index (χ3v) is 2.34. The van der Waals surface area contributed by atoms with Crippen molar-refractivity contribution in [3.05, 3.63) is 65.4 Å². The first kappa shape index (κ1) is 12.3. The molecule has 0 aliphatic rings. The van der Waals surface area contributed by atoms with Gasteiger partial charge < -0.3 is 5.21 Å². The average Bonchev–Trinajstić information content (AvgIpc) is 2.40. The quantitative estimate of drug-likeness (QED) is 0.563. The van der Waals surface area contributed by atoms with Crippen LogP contribution in [0.3, 0.4) is 0 Å². The van der Waals surface area contributed by atoms with Gasteiger partial charge in [-0.1, -0.05) is 18.2 Å². The molecule has 2 aromatic rings. The number of hydrazone groups is 1. The standard InChI is InChI=1S/C13H13N3O2/c17-16(18)13-8-6-11(7-9-13)10-14-15-12-4-2-1-3-5-12/h1-10,15-17H. The van der Waals surface area contributed by atoms with Crippen molar-refractivity contribution < 1.29 is 10.4 Å². The molecule has 0 saturated carbocycles. The molecule has 1 unspecified atom stereocenters. The molecule has 0 radical (unpaired) electrons. The van der Waals surface area contributed by atoms with Crippen molar-refractivity contribution in [1.29, 1.82) is 0 Å². The van der Waals surface area contributed by atoms with Crippen LogP contribution in [0.5, 0.6) is 0 Å². The molecule has 0 aromatic heterocycles. The van der Waals surface area contributed by atoms with Gasteiger partial charge in [0.1, 0.15) is 0 Å². The van der Waals surface area contributed by atoms with Crippen molar-refractivity contribution in [3.63, 3.8) is 0 Å². The van der Waals surface area contributed by atoms with E-state index in [-0.39, 0.29) is 5.69 Å². The lowest BCUT2D eigenvalue weighted by Gasteiger charge is -2.10. The largest absolute Gasteiger partial charge is 0.595 e. The van der Waals surface area contributed by atoms with Crippen molar-refractivity contribution >= 4 is 17.6 Å². The topological polar surface area (TPSA) is 72.1 Å². The number of para-hydroxylation sites is 1. The number of hydrogen-bond acceptors (Lipinski definition) is 4. The van der Waals surface area contributed by atoms with Gasteiger partial charge in [-0.15, -0.1) is 0 Å². The Labute approximate surface area is 105 Å². The van der Waals surface area contributed by atoms with Crippen LogP contribution in [0, 0.1) is 5.21 Å². The molecule has 1 atom stereocenters. The van der Waals surface area contributed by atoms with E-state index in [1.54, 1.807) is 30.5 Å². The summed E-state index contributed by atoms with van der Waals surface area (Å²) in [6, 6.07) is 16.1. The molecule has 2 aromatic carbocycles. The second-order valence-corrected chi connectivity index (χ2v) is 3.66. The Balaban J connectivity index is 1.97. The molecule has 92 valence electrons. The number of nitrogens with one attached hydrogen (secondary N) is 2. The van der Waals surface area contributed by atoms with E-state index < -0.39 is 5.23 Å². The van der Waals surface area contributed by atoms with Crippen LogP contribution < -0.4 is 10.7 Å². The number of benzene rings is 2. The number of quaternary nitrogens is 1. The van der Waals surface area contributed by atoms with E-state index in [1.807, 2.05) is 30.3 Å². The fourth-order valence-electron chi connectivity index (χ4n) is 1.41. The summed E-state index contributed by atoms with van der Waals surface area (Å²) in [4.78, 5) is 0. The smallest absolute Gasteiger partial charge is 0.163 e. The number of anilines is 1. The molecule has 0 saturated heterocycles. The molecule has 0 aliphatic carbocycles. The lowest BCUT2D eigenvalue weighted by atomic mass is 10.2. The van der Waals surface area contributed by atoms with Crippen molar-refractivity contribution in [2.24, 2.45) is 5.10 Å². The minimum Gasteiger partial charge on any atom is -0.595 e. The molecule has 0 spiro atoms. The lowest BCUT2D eigenvalue weighted by Crippen LogP contribution is -2.99. The Morgan fingerprint density at radius 2 is 1.72 bits per heavy atom. The fraction of sp³-hybridized carbons (Fsp3) is 0. The van der Waals surface area contributed by atoms with E-state index in [0.29, 0.717) is 0 Å². The van der Waals surface area contributed by atoms with Crippen LogP contribution in [0.2, 0.25) is 0 Å². The molecule has 5 nitrogen and oxygen atoms in total. The summed E-state index contributed by atoms with van der Waals surface area (Å²) >= 11 is 0. The minimum absolute atomic E-state index is 0.267. The SMILES string of the molecule is [O-][NH+](O)c1ccc(C=NNc2ccccc2)cc1. The first-order valence-electron chi connectivity index (χ1n) is 5.43. The van der Waals surface area contributed by atoms with Gasteiger partial charge in [-0.25, -0.2) is 5.21 Å². The van der Waals surface area contributed by atoms with Crippen LogP contribution >= 0.6 is 0 Å². The first-order valence-corrected chi connectivity index (χ1v) is 5.43. The lowest BCUT2D eigenvalue weighted by molar-refractivity contribution is -0.991. The zero-order valence-corrected chi connectivity index (χ0v) is 9.58. The predicted octanol–water partition coefficient (Wildman–Crippen LogP) is 1.54. The fourth-order valence-corrected chi connectivity index (χ4v) is 1.41. The van der Waals surface area contributed by atoms with Gasteiger partial charge in [0.2, 0.25) is 0 Å². The van der Waals surface area contributed by atoms with Gasteiger partial charge in [0.15, 0.2) is 5.69 Å². The molecule has 0 amide bonds. The van der Waals surface area contributed by atoms with Crippen molar-refractivity contribution in [2.75, 3.05) is 5.43 Å². The van der Waals surface area contributed by atoms with Crippen molar-refractivity contribution in [2.45, 2.75) is 0 Å². The maximum atomic E-state index is 10.7. The van der Waals surface area contributed by atoms with Gasteiger partial charge in [0, 0.05) is 12.1 Å². The van der Waals surface area contributed by atoms with Crippen LogP contribution in [0.4, 0.5) is 11.4 Å². The molecule has 3 N–H and O–H groups in total. The minimum atomic E-state index is -0.930. The van der Waals surface area contributed by atoms with Crippen LogP contribution in [0.15, 0.2) is 59.7 Å². The molecule has 2 rings (SSSR count). The Kier molecular flexibility index (Phi) is 4.03. The Morgan fingerprint density at radius 1 is 1.06 bits per heavy atom. The molecule has 0 bridgehead atoms. The zero-order chi connectivity index (χ0) is 12.8. The third-order valence-electron chi connectivity index (χ3n) is 2.34. The zero-order valence-electron chi connectivity index (χ0n) is 9.58. The number of hydrogen-bond donors (Lipinski definition) is 3. The van der Waals surface area contributed by atoms with Gasteiger partial charge in [-0.3, -0.25) is 5.43 Å². The summed E-state index contributed by atoms with van der Waals surface area (Å²) in [6.45, 7) is 0. The summed E-state index contributed by atoms with van der Waals surface area (Å²) in [5.41, 5.74) is 4.89. The summed E-state index contributed by atoms with van der Waals surface area (Å²) < 4.78 is 0. The third kappa shape index (κ3) is 3.39. The molecular formula is C13H13N3O2. The van der Waals surface area contributed by atoms with E-state index in [4.69, 9.17) is 5.21 Å². The molecule has 18 heavy (non-hydrogen) atoms.